The first kappa shape index (κ1) is 7.09. The van der Waals surface area contributed by atoms with Gasteiger partial charge in [-0.2, -0.15) is 5.10 Å². The topological polar surface area (TPSA) is 46.5 Å². The molecule has 62 valence electrons. The number of H-pyrrole nitrogens is 1. The average Bonchev–Trinajstić information content (AvgIpc) is 2.58. The molecule has 0 fully saturated rings. The van der Waals surface area contributed by atoms with Gasteiger partial charge < -0.3 is 4.98 Å². The average molecular weight is 162 g/mol. The van der Waals surface area contributed by atoms with E-state index >= 15 is 0 Å². The van der Waals surface area contributed by atoms with Crippen molar-refractivity contribution in [2.45, 2.75) is 6.92 Å². The first-order valence-electron chi connectivity index (χ1n) is 3.77. The number of nitrogens with zero attached hydrogens (tertiary/aromatic N) is 3. The highest BCUT2D eigenvalue weighted by Crippen LogP contribution is 2.15. The van der Waals surface area contributed by atoms with Gasteiger partial charge in [-0.05, 0) is 13.0 Å². The van der Waals surface area contributed by atoms with Crippen molar-refractivity contribution < 1.29 is 0 Å². The van der Waals surface area contributed by atoms with Crippen LogP contribution in [0.15, 0.2) is 18.6 Å². The lowest BCUT2D eigenvalue weighted by Crippen LogP contribution is -1.93. The number of aryl methyl sites for hydroxylation is 2. The first-order valence-corrected chi connectivity index (χ1v) is 3.77. The third-order valence-electron chi connectivity index (χ3n) is 1.78. The molecule has 0 aliphatic carbocycles. The van der Waals surface area contributed by atoms with Crippen molar-refractivity contribution in [3.05, 3.63) is 24.3 Å². The monoisotopic (exact) mass is 162 g/mol. The van der Waals surface area contributed by atoms with Crippen LogP contribution in [0.25, 0.3) is 11.4 Å². The molecule has 0 bridgehead atoms. The van der Waals surface area contributed by atoms with Crippen molar-refractivity contribution in [2.24, 2.45) is 7.05 Å². The van der Waals surface area contributed by atoms with E-state index in [-0.39, 0.29) is 0 Å². The Balaban J connectivity index is 2.54. The van der Waals surface area contributed by atoms with Crippen LogP contribution in [0.5, 0.6) is 0 Å². The smallest absolute Gasteiger partial charge is 0.0924 e. The molecule has 2 rings (SSSR count). The van der Waals surface area contributed by atoms with Gasteiger partial charge in [0.1, 0.15) is 0 Å². The third kappa shape index (κ3) is 1.01. The minimum absolute atomic E-state index is 0.998. The Hall–Kier alpha value is -1.58. The van der Waals surface area contributed by atoms with Crippen LogP contribution < -0.4 is 0 Å². The molecular formula is C8H10N4. The van der Waals surface area contributed by atoms with Gasteiger partial charge in [0, 0.05) is 7.05 Å². The van der Waals surface area contributed by atoms with Gasteiger partial charge in [0.25, 0.3) is 0 Å². The molecule has 0 aliphatic heterocycles. The minimum atomic E-state index is 0.998. The van der Waals surface area contributed by atoms with E-state index in [1.165, 1.54) is 0 Å². The van der Waals surface area contributed by atoms with Crippen LogP contribution in [0, 0.1) is 6.92 Å². The molecule has 2 aromatic rings. The van der Waals surface area contributed by atoms with E-state index in [1.807, 2.05) is 24.7 Å². The summed E-state index contributed by atoms with van der Waals surface area (Å²) in [5, 5.41) is 4.24. The molecule has 4 nitrogen and oxygen atoms in total. The van der Waals surface area contributed by atoms with Crippen LogP contribution in [-0.2, 0) is 7.05 Å². The molecule has 0 unspecified atom stereocenters. The van der Waals surface area contributed by atoms with Crippen LogP contribution in [0.3, 0.4) is 0 Å². The largest absolute Gasteiger partial charge is 0.343 e. The fourth-order valence-electron chi connectivity index (χ4n) is 1.26. The summed E-state index contributed by atoms with van der Waals surface area (Å²) in [7, 11) is 1.92. The van der Waals surface area contributed by atoms with Crippen LogP contribution in [0.4, 0.5) is 0 Å². The summed E-state index contributed by atoms with van der Waals surface area (Å²) in [6, 6.07) is 2.02. The Morgan fingerprint density at radius 3 is 2.83 bits per heavy atom. The Labute approximate surface area is 70.3 Å². The Kier molecular flexibility index (Phi) is 1.46. The van der Waals surface area contributed by atoms with Crippen molar-refractivity contribution in [1.82, 2.24) is 19.7 Å². The van der Waals surface area contributed by atoms with Crippen LogP contribution in [0.2, 0.25) is 0 Å². The zero-order valence-electron chi connectivity index (χ0n) is 7.07. The fraction of sp³-hybridized carbons (Fsp3) is 0.250. The molecule has 0 atom stereocenters. The summed E-state index contributed by atoms with van der Waals surface area (Å²) in [4.78, 5) is 6.99. The number of nitrogens with one attached hydrogen (secondary N) is 1. The Bertz CT molecular complexity index is 372. The maximum atomic E-state index is 4.24. The highest BCUT2D eigenvalue weighted by Gasteiger charge is 2.04. The molecule has 0 aliphatic rings. The molecule has 0 saturated heterocycles. The maximum Gasteiger partial charge on any atom is 0.0924 e. The van der Waals surface area contributed by atoms with Crippen molar-refractivity contribution >= 4 is 0 Å². The molecule has 12 heavy (non-hydrogen) atoms. The third-order valence-corrected chi connectivity index (χ3v) is 1.78. The molecule has 4 heteroatoms. The number of hydrogen-bond donors (Lipinski definition) is 1. The van der Waals surface area contributed by atoms with Crippen molar-refractivity contribution in [2.75, 3.05) is 0 Å². The molecule has 2 heterocycles. The first-order chi connectivity index (χ1) is 5.77. The summed E-state index contributed by atoms with van der Waals surface area (Å²) in [5.41, 5.74) is 3.07. The number of rotatable bonds is 1. The summed E-state index contributed by atoms with van der Waals surface area (Å²) >= 11 is 0. The molecule has 0 saturated carbocycles. The minimum Gasteiger partial charge on any atom is -0.343 e. The molecular weight excluding hydrogens is 152 g/mol. The number of aromatic amines is 1. The normalized spacial score (nSPS) is 10.5. The zero-order chi connectivity index (χ0) is 8.55. The summed E-state index contributed by atoms with van der Waals surface area (Å²) in [6.07, 6.45) is 3.45. The van der Waals surface area contributed by atoms with Crippen molar-refractivity contribution in [3.63, 3.8) is 0 Å². The zero-order valence-corrected chi connectivity index (χ0v) is 7.07. The van der Waals surface area contributed by atoms with Gasteiger partial charge in [-0.15, -0.1) is 0 Å². The van der Waals surface area contributed by atoms with Crippen molar-refractivity contribution in [3.8, 4) is 11.4 Å². The van der Waals surface area contributed by atoms with Gasteiger partial charge in [-0.1, -0.05) is 0 Å². The summed E-state index contributed by atoms with van der Waals surface area (Å²) in [5.74, 6) is 0. The van der Waals surface area contributed by atoms with E-state index in [0.717, 1.165) is 17.1 Å². The predicted octanol–water partition coefficient (Wildman–Crippen LogP) is 1.12. The van der Waals surface area contributed by atoms with Gasteiger partial charge >= 0.3 is 0 Å². The van der Waals surface area contributed by atoms with Crippen molar-refractivity contribution in [1.29, 1.82) is 0 Å². The molecule has 1 N–H and O–H groups in total. The molecule has 0 amide bonds. The van der Waals surface area contributed by atoms with Gasteiger partial charge in [0.2, 0.25) is 0 Å². The number of imidazole rings is 1. The predicted molar refractivity (Wildman–Crippen MR) is 45.5 cm³/mol. The molecule has 0 radical (unpaired) electrons. The lowest BCUT2D eigenvalue weighted by Gasteiger charge is -1.95. The van der Waals surface area contributed by atoms with Crippen LogP contribution in [-0.4, -0.2) is 19.7 Å². The lowest BCUT2D eigenvalue weighted by atomic mass is 10.3. The summed E-state index contributed by atoms with van der Waals surface area (Å²) < 4.78 is 1.84. The second kappa shape index (κ2) is 2.48. The van der Waals surface area contributed by atoms with E-state index in [2.05, 4.69) is 15.1 Å². The van der Waals surface area contributed by atoms with E-state index < -0.39 is 0 Å². The standard InChI is InChI=1S/C8H10N4/c1-6-3-8(12(2)11-6)7-4-9-5-10-7/h3-5H,1-2H3,(H,9,10). The van der Waals surface area contributed by atoms with E-state index in [1.54, 1.807) is 12.5 Å². The summed E-state index contributed by atoms with van der Waals surface area (Å²) in [6.45, 7) is 1.97. The van der Waals surface area contributed by atoms with Gasteiger partial charge in [-0.3, -0.25) is 4.68 Å². The van der Waals surface area contributed by atoms with Crippen LogP contribution >= 0.6 is 0 Å². The van der Waals surface area contributed by atoms with E-state index in [4.69, 9.17) is 0 Å². The highest BCUT2D eigenvalue weighted by molar-refractivity contribution is 5.53. The Morgan fingerprint density at radius 1 is 1.50 bits per heavy atom. The fourth-order valence-corrected chi connectivity index (χ4v) is 1.26. The molecule has 0 aromatic carbocycles. The van der Waals surface area contributed by atoms with Gasteiger partial charge in [-0.25, -0.2) is 4.98 Å². The molecule has 2 aromatic heterocycles. The SMILES string of the molecule is Cc1cc(-c2cnc[nH]2)n(C)n1. The quantitative estimate of drug-likeness (QED) is 0.683. The van der Waals surface area contributed by atoms with E-state index in [0.29, 0.717) is 0 Å². The lowest BCUT2D eigenvalue weighted by molar-refractivity contribution is 0.762. The number of hydrogen-bond acceptors (Lipinski definition) is 2. The second-order valence-electron chi connectivity index (χ2n) is 2.76. The van der Waals surface area contributed by atoms with Crippen LogP contribution in [0.1, 0.15) is 5.69 Å². The van der Waals surface area contributed by atoms with Gasteiger partial charge in [0.05, 0.1) is 29.6 Å². The molecule has 0 spiro atoms. The number of aromatic nitrogens is 4. The Morgan fingerprint density at radius 2 is 2.33 bits per heavy atom. The highest BCUT2D eigenvalue weighted by atomic mass is 15.3. The second-order valence-corrected chi connectivity index (χ2v) is 2.76. The maximum absolute atomic E-state index is 4.24. The van der Waals surface area contributed by atoms with E-state index in [9.17, 15) is 0 Å². The van der Waals surface area contributed by atoms with Gasteiger partial charge in [0.15, 0.2) is 0 Å².